The van der Waals surface area contributed by atoms with Gasteiger partial charge in [-0.25, -0.2) is 4.39 Å². The van der Waals surface area contributed by atoms with Crippen LogP contribution in [0.15, 0.2) is 35.5 Å². The maximum Gasteiger partial charge on any atom is 0.416 e. The lowest BCUT2D eigenvalue weighted by Gasteiger charge is -2.38. The van der Waals surface area contributed by atoms with Crippen molar-refractivity contribution >= 4 is 17.7 Å². The van der Waals surface area contributed by atoms with E-state index in [1.165, 1.54) is 6.07 Å². The molecule has 36 heavy (non-hydrogen) atoms. The molecule has 2 aromatic heterocycles. The molecule has 0 unspecified atom stereocenters. The van der Waals surface area contributed by atoms with Gasteiger partial charge in [-0.1, -0.05) is 6.07 Å². The molecular formula is C25H27F4N7. The normalized spacial score (nSPS) is 16.6. The third kappa shape index (κ3) is 4.71. The summed E-state index contributed by atoms with van der Waals surface area (Å²) in [5, 5.41) is 13.3. The van der Waals surface area contributed by atoms with Gasteiger partial charge in [-0.15, -0.1) is 10.2 Å². The SMILES string of the molecule is CN(Cc1ccc(F)cc1C(F)(F)F)C1CCN(c2nnc(-c3ccnn3C)c3c2CCC=N3)CC1. The first kappa shape index (κ1) is 24.4. The van der Waals surface area contributed by atoms with E-state index < -0.39 is 17.6 Å². The van der Waals surface area contributed by atoms with Crippen molar-refractivity contribution in [3.8, 4) is 11.4 Å². The molecule has 0 amide bonds. The Kier molecular flexibility index (Phi) is 6.50. The summed E-state index contributed by atoms with van der Waals surface area (Å²) in [5.74, 6) is -0.0583. The van der Waals surface area contributed by atoms with E-state index in [9.17, 15) is 17.6 Å². The number of hydrogen-bond donors (Lipinski definition) is 0. The number of piperidine rings is 1. The molecule has 0 N–H and O–H groups in total. The average molecular weight is 502 g/mol. The van der Waals surface area contributed by atoms with Crippen molar-refractivity contribution in [3.05, 3.63) is 53.0 Å². The fourth-order valence-electron chi connectivity index (χ4n) is 5.09. The molecule has 5 rings (SSSR count). The largest absolute Gasteiger partial charge is 0.416 e. The summed E-state index contributed by atoms with van der Waals surface area (Å²) in [5.41, 5.74) is 2.62. The second-order valence-corrected chi connectivity index (χ2v) is 9.32. The molecule has 2 aliphatic rings. The van der Waals surface area contributed by atoms with Crippen molar-refractivity contribution in [2.75, 3.05) is 25.0 Å². The monoisotopic (exact) mass is 501 g/mol. The Hall–Kier alpha value is -3.34. The third-order valence-corrected chi connectivity index (χ3v) is 7.02. The summed E-state index contributed by atoms with van der Waals surface area (Å²) < 4.78 is 55.5. The molecule has 190 valence electrons. The molecule has 4 heterocycles. The van der Waals surface area contributed by atoms with Crippen molar-refractivity contribution < 1.29 is 17.6 Å². The van der Waals surface area contributed by atoms with Crippen LogP contribution in [0.3, 0.4) is 0 Å². The van der Waals surface area contributed by atoms with Gasteiger partial charge < -0.3 is 4.90 Å². The smallest absolute Gasteiger partial charge is 0.355 e. The third-order valence-electron chi connectivity index (χ3n) is 7.02. The predicted molar refractivity (Wildman–Crippen MR) is 129 cm³/mol. The van der Waals surface area contributed by atoms with Gasteiger partial charge in [-0.05, 0) is 56.5 Å². The highest BCUT2D eigenvalue weighted by Gasteiger charge is 2.35. The van der Waals surface area contributed by atoms with Gasteiger partial charge in [0.05, 0.1) is 16.9 Å². The summed E-state index contributed by atoms with van der Waals surface area (Å²) in [6.07, 6.45) is 2.20. The molecule has 0 spiro atoms. The Bertz CT molecular complexity index is 1280. The summed E-state index contributed by atoms with van der Waals surface area (Å²) in [7, 11) is 3.68. The van der Waals surface area contributed by atoms with E-state index in [0.29, 0.717) is 24.8 Å². The zero-order valence-electron chi connectivity index (χ0n) is 20.1. The molecule has 1 fully saturated rings. The van der Waals surface area contributed by atoms with Crippen LogP contribution in [-0.4, -0.2) is 57.3 Å². The summed E-state index contributed by atoms with van der Waals surface area (Å²) in [6.45, 7) is 1.52. The highest BCUT2D eigenvalue weighted by atomic mass is 19.4. The van der Waals surface area contributed by atoms with Crippen LogP contribution in [0.5, 0.6) is 0 Å². The number of aryl methyl sites for hydroxylation is 1. The lowest BCUT2D eigenvalue weighted by Crippen LogP contribution is -2.44. The van der Waals surface area contributed by atoms with E-state index in [2.05, 4.69) is 25.2 Å². The Morgan fingerprint density at radius 1 is 1.11 bits per heavy atom. The maximum absolute atomic E-state index is 13.5. The van der Waals surface area contributed by atoms with E-state index in [1.807, 2.05) is 31.3 Å². The molecule has 1 saturated heterocycles. The number of rotatable bonds is 5. The number of fused-ring (bicyclic) bond motifs is 1. The van der Waals surface area contributed by atoms with Crippen LogP contribution in [0, 0.1) is 5.82 Å². The zero-order chi connectivity index (χ0) is 25.4. The van der Waals surface area contributed by atoms with Crippen LogP contribution in [0.25, 0.3) is 11.4 Å². The number of halogens is 4. The van der Waals surface area contributed by atoms with Gasteiger partial charge in [-0.2, -0.15) is 18.3 Å². The van der Waals surface area contributed by atoms with E-state index in [1.54, 1.807) is 10.9 Å². The summed E-state index contributed by atoms with van der Waals surface area (Å²) >= 11 is 0. The Balaban J connectivity index is 1.31. The van der Waals surface area contributed by atoms with E-state index >= 15 is 0 Å². The highest BCUT2D eigenvalue weighted by Crippen LogP contribution is 2.39. The van der Waals surface area contributed by atoms with Gasteiger partial charge >= 0.3 is 6.18 Å². The second-order valence-electron chi connectivity index (χ2n) is 9.32. The molecular weight excluding hydrogens is 474 g/mol. The molecule has 11 heteroatoms. The molecule has 7 nitrogen and oxygen atoms in total. The van der Waals surface area contributed by atoms with E-state index in [0.717, 1.165) is 54.5 Å². The number of alkyl halides is 3. The first-order valence-corrected chi connectivity index (χ1v) is 11.9. The molecule has 0 aliphatic carbocycles. The highest BCUT2D eigenvalue weighted by molar-refractivity contribution is 5.82. The van der Waals surface area contributed by atoms with Crippen molar-refractivity contribution in [1.82, 2.24) is 24.9 Å². The lowest BCUT2D eigenvalue weighted by atomic mass is 9.99. The first-order chi connectivity index (χ1) is 17.2. The predicted octanol–water partition coefficient (Wildman–Crippen LogP) is 4.78. The Morgan fingerprint density at radius 2 is 1.89 bits per heavy atom. The van der Waals surface area contributed by atoms with E-state index in [-0.39, 0.29) is 18.2 Å². The van der Waals surface area contributed by atoms with Crippen LogP contribution in [0.1, 0.15) is 36.0 Å². The zero-order valence-corrected chi connectivity index (χ0v) is 20.1. The van der Waals surface area contributed by atoms with Gasteiger partial charge in [0.15, 0.2) is 5.82 Å². The van der Waals surface area contributed by atoms with Gasteiger partial charge in [0.1, 0.15) is 11.5 Å². The van der Waals surface area contributed by atoms with Crippen molar-refractivity contribution in [2.24, 2.45) is 12.0 Å². The Labute approximate surface area is 206 Å². The van der Waals surface area contributed by atoms with Crippen LogP contribution in [-0.2, 0) is 26.2 Å². The number of anilines is 1. The number of aliphatic imine (C=N–C) groups is 1. The number of nitrogens with zero attached hydrogens (tertiary/aromatic N) is 7. The quantitative estimate of drug-likeness (QED) is 0.471. The van der Waals surface area contributed by atoms with Crippen LogP contribution < -0.4 is 4.90 Å². The fourth-order valence-corrected chi connectivity index (χ4v) is 5.09. The van der Waals surface area contributed by atoms with Crippen LogP contribution >= 0.6 is 0 Å². The number of aromatic nitrogens is 4. The average Bonchev–Trinajstić information content (AvgIpc) is 3.29. The topological polar surface area (TPSA) is 62.4 Å². The van der Waals surface area contributed by atoms with Gasteiger partial charge in [-0.3, -0.25) is 14.6 Å². The molecule has 0 radical (unpaired) electrons. The van der Waals surface area contributed by atoms with Crippen molar-refractivity contribution in [1.29, 1.82) is 0 Å². The minimum atomic E-state index is -4.59. The van der Waals surface area contributed by atoms with Gasteiger partial charge in [0.2, 0.25) is 0 Å². The standard InChI is InChI=1S/C25H27F4N7/c1-34(15-16-5-6-17(26)14-20(16)25(27,28)29)18-8-12-36(13-9-18)24-19-4-3-10-30-22(19)23(32-33-24)21-7-11-31-35(21)2/h5-7,10-11,14,18H,3-4,8-9,12-13,15H2,1-2H3. The molecule has 0 saturated carbocycles. The van der Waals surface area contributed by atoms with E-state index in [4.69, 9.17) is 0 Å². The first-order valence-electron chi connectivity index (χ1n) is 11.9. The van der Waals surface area contributed by atoms with Gasteiger partial charge in [0, 0.05) is 50.7 Å². The number of benzene rings is 1. The maximum atomic E-state index is 13.5. The van der Waals surface area contributed by atoms with Gasteiger partial charge in [0.25, 0.3) is 0 Å². The Morgan fingerprint density at radius 3 is 2.58 bits per heavy atom. The van der Waals surface area contributed by atoms with Crippen LogP contribution in [0.2, 0.25) is 0 Å². The number of hydrogen-bond acceptors (Lipinski definition) is 6. The van der Waals surface area contributed by atoms with Crippen LogP contribution in [0.4, 0.5) is 29.1 Å². The van der Waals surface area contributed by atoms with Crippen molar-refractivity contribution in [3.63, 3.8) is 0 Å². The summed E-state index contributed by atoms with van der Waals surface area (Å²) in [6, 6.07) is 4.88. The summed E-state index contributed by atoms with van der Waals surface area (Å²) in [4.78, 5) is 8.77. The molecule has 2 aliphatic heterocycles. The minimum absolute atomic E-state index is 0.0809. The molecule has 1 aromatic carbocycles. The second kappa shape index (κ2) is 9.61. The van der Waals surface area contributed by atoms with Crippen molar-refractivity contribution in [2.45, 2.75) is 44.4 Å². The molecule has 0 atom stereocenters. The molecule has 3 aromatic rings. The lowest BCUT2D eigenvalue weighted by molar-refractivity contribution is -0.138. The molecule has 0 bridgehead atoms. The fraction of sp³-hybridized carbons (Fsp3) is 0.440. The minimum Gasteiger partial charge on any atom is -0.355 e.